The second-order valence-corrected chi connectivity index (χ2v) is 8.65. The molecule has 1 saturated heterocycles. The van der Waals surface area contributed by atoms with Crippen LogP contribution < -0.4 is 0 Å². The zero-order valence-corrected chi connectivity index (χ0v) is 17.5. The number of carbonyl (C=O) groups excluding carboxylic acids is 1. The van der Waals surface area contributed by atoms with Crippen LogP contribution in [0.25, 0.3) is 0 Å². The number of piperidine rings is 1. The van der Waals surface area contributed by atoms with Crippen molar-refractivity contribution in [2.24, 2.45) is 0 Å². The van der Waals surface area contributed by atoms with Crippen molar-refractivity contribution in [3.8, 4) is 0 Å². The van der Waals surface area contributed by atoms with Crippen molar-refractivity contribution in [3.05, 3.63) is 57.8 Å². The Morgan fingerprint density at radius 3 is 2.56 bits per heavy atom. The molecule has 4 heteroatoms. The topological polar surface area (TPSA) is 23.6 Å². The van der Waals surface area contributed by atoms with E-state index < -0.39 is 0 Å². The summed E-state index contributed by atoms with van der Waals surface area (Å²) in [6.45, 7) is 8.25. The molecule has 0 unspecified atom stereocenters. The molecule has 2 heterocycles. The van der Waals surface area contributed by atoms with E-state index in [2.05, 4.69) is 65.4 Å². The molecule has 3 nitrogen and oxygen atoms in total. The largest absolute Gasteiger partial charge is 0.334 e. The van der Waals surface area contributed by atoms with Gasteiger partial charge in [-0.05, 0) is 48.8 Å². The number of amides is 1. The summed E-state index contributed by atoms with van der Waals surface area (Å²) in [5.41, 5.74) is 2.69. The summed E-state index contributed by atoms with van der Waals surface area (Å²) >= 11 is 1.78. The lowest BCUT2D eigenvalue weighted by Gasteiger charge is -2.38. The highest BCUT2D eigenvalue weighted by Crippen LogP contribution is 2.25. The Morgan fingerprint density at radius 2 is 1.93 bits per heavy atom. The molecule has 1 amide bonds. The van der Waals surface area contributed by atoms with Gasteiger partial charge >= 0.3 is 0 Å². The number of thiophene rings is 1. The predicted octanol–water partition coefficient (Wildman–Crippen LogP) is 5.24. The second kappa shape index (κ2) is 10.0. The van der Waals surface area contributed by atoms with E-state index in [1.54, 1.807) is 11.3 Å². The summed E-state index contributed by atoms with van der Waals surface area (Å²) in [4.78, 5) is 19.0. The van der Waals surface area contributed by atoms with E-state index >= 15 is 0 Å². The third-order valence-corrected chi connectivity index (χ3v) is 6.60. The van der Waals surface area contributed by atoms with Crippen molar-refractivity contribution in [3.63, 3.8) is 0 Å². The van der Waals surface area contributed by atoms with Gasteiger partial charge in [0, 0.05) is 37.0 Å². The first-order valence-corrected chi connectivity index (χ1v) is 11.1. The number of nitrogens with zero attached hydrogens (tertiary/aromatic N) is 2. The summed E-state index contributed by atoms with van der Waals surface area (Å²) in [6, 6.07) is 13.2. The Kier molecular flexibility index (Phi) is 7.48. The number of carbonyl (C=O) groups is 1. The van der Waals surface area contributed by atoms with Crippen LogP contribution in [0.4, 0.5) is 0 Å². The minimum absolute atomic E-state index is 0.339. The average molecular weight is 385 g/mol. The van der Waals surface area contributed by atoms with Crippen molar-refractivity contribution < 1.29 is 4.79 Å². The molecule has 2 aromatic rings. The van der Waals surface area contributed by atoms with Crippen molar-refractivity contribution in [2.45, 2.75) is 65.1 Å². The highest BCUT2D eigenvalue weighted by Gasteiger charge is 2.28. The molecule has 0 radical (unpaired) electrons. The Bertz CT molecular complexity index is 704. The first-order chi connectivity index (χ1) is 13.2. The average Bonchev–Trinajstić information content (AvgIpc) is 3.10. The lowest BCUT2D eigenvalue weighted by Crippen LogP contribution is -2.46. The minimum atomic E-state index is 0.339. The molecule has 146 valence electrons. The van der Waals surface area contributed by atoms with E-state index in [0.717, 1.165) is 51.9 Å². The van der Waals surface area contributed by atoms with E-state index in [9.17, 15) is 4.79 Å². The second-order valence-electron chi connectivity index (χ2n) is 7.64. The highest BCUT2D eigenvalue weighted by molar-refractivity contribution is 7.10. The number of unbranched alkanes of at least 4 members (excludes halogenated alkanes) is 1. The van der Waals surface area contributed by atoms with Gasteiger partial charge in [-0.25, -0.2) is 0 Å². The van der Waals surface area contributed by atoms with Gasteiger partial charge in [0.1, 0.15) is 0 Å². The summed E-state index contributed by atoms with van der Waals surface area (Å²) in [6.07, 6.45) is 4.91. The van der Waals surface area contributed by atoms with Gasteiger partial charge in [0.15, 0.2) is 0 Å². The summed E-state index contributed by atoms with van der Waals surface area (Å²) < 4.78 is 0. The maximum Gasteiger partial charge on any atom is 0.223 e. The maximum atomic E-state index is 12.9. The molecule has 1 aromatic heterocycles. The molecule has 0 atom stereocenters. The number of hydrogen-bond acceptors (Lipinski definition) is 3. The molecule has 1 aromatic carbocycles. The molecule has 0 N–H and O–H groups in total. The third kappa shape index (κ3) is 5.66. The zero-order chi connectivity index (χ0) is 19.1. The van der Waals surface area contributed by atoms with E-state index in [-0.39, 0.29) is 0 Å². The van der Waals surface area contributed by atoms with E-state index in [4.69, 9.17) is 0 Å². The van der Waals surface area contributed by atoms with Crippen LogP contribution in [-0.4, -0.2) is 34.8 Å². The monoisotopic (exact) mass is 384 g/mol. The van der Waals surface area contributed by atoms with Crippen LogP contribution in [0.3, 0.4) is 0 Å². The van der Waals surface area contributed by atoms with E-state index in [1.165, 1.54) is 16.0 Å². The van der Waals surface area contributed by atoms with Crippen LogP contribution in [-0.2, 0) is 17.9 Å². The van der Waals surface area contributed by atoms with Crippen LogP contribution in [0.2, 0.25) is 0 Å². The van der Waals surface area contributed by atoms with Crippen molar-refractivity contribution in [2.75, 3.05) is 13.1 Å². The highest BCUT2D eigenvalue weighted by atomic mass is 32.1. The molecule has 0 saturated carbocycles. The lowest BCUT2D eigenvalue weighted by atomic mass is 10.0. The van der Waals surface area contributed by atoms with Gasteiger partial charge in [0.05, 0.1) is 6.54 Å². The van der Waals surface area contributed by atoms with Crippen LogP contribution in [0, 0.1) is 6.92 Å². The fraction of sp³-hybridized carbons (Fsp3) is 0.522. The van der Waals surface area contributed by atoms with Crippen molar-refractivity contribution in [1.82, 2.24) is 9.80 Å². The summed E-state index contributed by atoms with van der Waals surface area (Å²) in [5, 5.41) is 2.14. The van der Waals surface area contributed by atoms with Gasteiger partial charge in [-0.15, -0.1) is 11.3 Å². The van der Waals surface area contributed by atoms with E-state index in [0.29, 0.717) is 18.4 Å². The zero-order valence-electron chi connectivity index (χ0n) is 16.7. The molecule has 0 aliphatic carbocycles. The SMILES string of the molecule is CCCCC(=O)N(Cc1sccc1C)C1CCN(Cc2ccccc2)CC1. The third-order valence-electron chi connectivity index (χ3n) is 5.59. The summed E-state index contributed by atoms with van der Waals surface area (Å²) in [7, 11) is 0. The van der Waals surface area contributed by atoms with Gasteiger partial charge < -0.3 is 4.90 Å². The molecular weight excluding hydrogens is 352 g/mol. The fourth-order valence-corrected chi connectivity index (χ4v) is 4.75. The number of benzene rings is 1. The Morgan fingerprint density at radius 1 is 1.19 bits per heavy atom. The smallest absolute Gasteiger partial charge is 0.223 e. The van der Waals surface area contributed by atoms with Gasteiger partial charge in [0.2, 0.25) is 5.91 Å². The van der Waals surface area contributed by atoms with Crippen LogP contribution in [0.5, 0.6) is 0 Å². The van der Waals surface area contributed by atoms with Gasteiger partial charge in [0.25, 0.3) is 0 Å². The van der Waals surface area contributed by atoms with Crippen LogP contribution in [0.1, 0.15) is 55.0 Å². The predicted molar refractivity (Wildman–Crippen MR) is 114 cm³/mol. The van der Waals surface area contributed by atoms with Crippen molar-refractivity contribution in [1.29, 1.82) is 0 Å². The van der Waals surface area contributed by atoms with Crippen LogP contribution in [0.15, 0.2) is 41.8 Å². The summed E-state index contributed by atoms with van der Waals surface area (Å²) in [5.74, 6) is 0.339. The Balaban J connectivity index is 1.61. The number of hydrogen-bond donors (Lipinski definition) is 0. The molecular formula is C23H32N2OS. The molecule has 1 aliphatic rings. The maximum absolute atomic E-state index is 12.9. The number of likely N-dealkylation sites (tertiary alicyclic amines) is 1. The Labute approximate surface area is 168 Å². The number of aryl methyl sites for hydroxylation is 1. The van der Waals surface area contributed by atoms with Gasteiger partial charge in [-0.2, -0.15) is 0 Å². The molecule has 3 rings (SSSR count). The lowest BCUT2D eigenvalue weighted by molar-refractivity contribution is -0.135. The molecule has 0 spiro atoms. The fourth-order valence-electron chi connectivity index (χ4n) is 3.84. The Hall–Kier alpha value is -1.65. The molecule has 0 bridgehead atoms. The quantitative estimate of drug-likeness (QED) is 0.621. The first kappa shape index (κ1) is 20.1. The first-order valence-electron chi connectivity index (χ1n) is 10.3. The van der Waals surface area contributed by atoms with Crippen molar-refractivity contribution >= 4 is 17.2 Å². The van der Waals surface area contributed by atoms with Crippen LogP contribution >= 0.6 is 11.3 Å². The molecule has 1 aliphatic heterocycles. The minimum Gasteiger partial charge on any atom is -0.334 e. The van der Waals surface area contributed by atoms with E-state index in [1.807, 2.05) is 0 Å². The molecule has 1 fully saturated rings. The standard InChI is InChI=1S/C23H32N2OS/c1-3-4-10-23(26)25(18-22-19(2)13-16-27-22)21-11-14-24(15-12-21)17-20-8-6-5-7-9-20/h5-9,13,16,21H,3-4,10-12,14-15,17-18H2,1-2H3. The normalized spacial score (nSPS) is 15.8. The van der Waals surface area contributed by atoms with Gasteiger partial charge in [-0.3, -0.25) is 9.69 Å². The van der Waals surface area contributed by atoms with Gasteiger partial charge in [-0.1, -0.05) is 43.7 Å². The molecule has 27 heavy (non-hydrogen) atoms. The number of rotatable bonds is 8.